The summed E-state index contributed by atoms with van der Waals surface area (Å²) >= 11 is 0. The fourth-order valence-corrected chi connectivity index (χ4v) is 7.39. The highest BCUT2D eigenvalue weighted by atomic mass is 31.2. The largest absolute Gasteiger partial charge is 0.459 e. The van der Waals surface area contributed by atoms with Crippen LogP contribution < -0.4 is 4.90 Å². The summed E-state index contributed by atoms with van der Waals surface area (Å²) in [6.07, 6.45) is 10.9. The van der Waals surface area contributed by atoms with Crippen LogP contribution in [0.15, 0.2) is 41.1 Å². The van der Waals surface area contributed by atoms with Gasteiger partial charge in [-0.25, -0.2) is 9.55 Å². The Morgan fingerprint density at radius 3 is 2.40 bits per heavy atom. The van der Waals surface area contributed by atoms with Crippen LogP contribution in [0.25, 0.3) is 0 Å². The van der Waals surface area contributed by atoms with Gasteiger partial charge in [-0.05, 0) is 88.6 Å². The van der Waals surface area contributed by atoms with Gasteiger partial charge in [0, 0.05) is 25.3 Å². The molecule has 4 rings (SSSR count). The van der Waals surface area contributed by atoms with Crippen molar-refractivity contribution >= 4 is 30.9 Å². The molecule has 3 heterocycles. The van der Waals surface area contributed by atoms with E-state index in [2.05, 4.69) is 9.88 Å². The van der Waals surface area contributed by atoms with Crippen LogP contribution in [0.4, 0.5) is 5.82 Å². The molecule has 2 aromatic rings. The summed E-state index contributed by atoms with van der Waals surface area (Å²) < 4.78 is 33.9. The molecule has 0 bridgehead atoms. The Kier molecular flexibility index (Phi) is 11.7. The molecule has 1 saturated carbocycles. The number of anilines is 1. The Morgan fingerprint density at radius 2 is 1.81 bits per heavy atom. The van der Waals surface area contributed by atoms with Crippen LogP contribution in [0, 0.1) is 17.7 Å². The zero-order valence-corrected chi connectivity index (χ0v) is 26.5. The number of rotatable bonds is 13. The highest BCUT2D eigenvalue weighted by Crippen LogP contribution is 2.50. The number of carbonyl (C=O) groups excluding carboxylic acids is 2. The normalized spacial score (nSPS) is 17.8. The van der Waals surface area contributed by atoms with Gasteiger partial charge in [-0.1, -0.05) is 25.3 Å². The Labute approximate surface area is 254 Å². The molecule has 1 saturated heterocycles. The molecule has 12 heteroatoms. The number of aryl methyl sites for hydroxylation is 1. The molecule has 11 nitrogen and oxygen atoms in total. The van der Waals surface area contributed by atoms with Crippen molar-refractivity contribution in [2.75, 3.05) is 37.7 Å². The number of hydrogen-bond donors (Lipinski definition) is 1. The minimum Gasteiger partial charge on any atom is -0.459 e. The fourth-order valence-electron chi connectivity index (χ4n) is 6.19. The number of amides is 1. The number of nitrogens with one attached hydrogen (secondary N) is 1. The summed E-state index contributed by atoms with van der Waals surface area (Å²) in [5.74, 6) is 0.156. The first-order valence-corrected chi connectivity index (χ1v) is 16.9. The standard InChI is InChI=1S/C31H45N4O7P/c1-4-40-43(38,41-5-2)30(32)42-28(36)22-31(15-7-6-8-16-31)17-20-34-18-13-25(14-19-34)35(27-12-11-24(3)23-33-27)29(37)26-10-9-21-39-26/h9-12,21,23,25,32H,4-8,13-20,22H2,1-3H3. The lowest BCUT2D eigenvalue weighted by Crippen LogP contribution is -2.48. The Balaban J connectivity index is 1.36. The second-order valence-electron chi connectivity index (χ2n) is 11.5. The molecule has 0 atom stereocenters. The number of ether oxygens (including phenoxy) is 1. The number of aromatic nitrogens is 1. The van der Waals surface area contributed by atoms with Crippen LogP contribution in [-0.4, -0.2) is 66.3 Å². The first kappa shape index (κ1) is 33.1. The molecule has 1 aliphatic carbocycles. The molecule has 1 amide bonds. The van der Waals surface area contributed by atoms with E-state index in [0.717, 1.165) is 76.6 Å². The van der Waals surface area contributed by atoms with Crippen LogP contribution in [0.3, 0.4) is 0 Å². The van der Waals surface area contributed by atoms with E-state index in [0.29, 0.717) is 11.6 Å². The summed E-state index contributed by atoms with van der Waals surface area (Å²) in [4.78, 5) is 35.2. The van der Waals surface area contributed by atoms with Crippen molar-refractivity contribution in [3.8, 4) is 0 Å². The van der Waals surface area contributed by atoms with Gasteiger partial charge in [-0.3, -0.25) is 19.9 Å². The van der Waals surface area contributed by atoms with Crippen molar-refractivity contribution in [2.24, 2.45) is 5.41 Å². The second kappa shape index (κ2) is 15.2. The van der Waals surface area contributed by atoms with Crippen LogP contribution in [0.1, 0.15) is 87.8 Å². The maximum atomic E-state index is 13.4. The smallest absolute Gasteiger partial charge is 0.415 e. The number of pyridine rings is 1. The van der Waals surface area contributed by atoms with Crippen molar-refractivity contribution in [3.63, 3.8) is 0 Å². The molecule has 236 valence electrons. The van der Waals surface area contributed by atoms with E-state index in [1.807, 2.05) is 19.1 Å². The van der Waals surface area contributed by atoms with Crippen molar-refractivity contribution < 1.29 is 32.4 Å². The van der Waals surface area contributed by atoms with Crippen LogP contribution in [-0.2, 0) is 23.1 Å². The number of nitrogens with zero attached hydrogens (tertiary/aromatic N) is 3. The van der Waals surface area contributed by atoms with Crippen molar-refractivity contribution in [1.82, 2.24) is 9.88 Å². The number of furan rings is 1. The second-order valence-corrected chi connectivity index (χ2v) is 13.4. The molecule has 0 unspecified atom stereocenters. The third kappa shape index (κ3) is 8.62. The molecule has 0 radical (unpaired) electrons. The van der Waals surface area contributed by atoms with Gasteiger partial charge >= 0.3 is 19.2 Å². The quantitative estimate of drug-likeness (QED) is 0.115. The number of esters is 1. The lowest BCUT2D eigenvalue weighted by molar-refractivity contribution is -0.139. The van der Waals surface area contributed by atoms with Gasteiger partial charge in [-0.2, -0.15) is 0 Å². The van der Waals surface area contributed by atoms with Crippen LogP contribution in [0.5, 0.6) is 0 Å². The highest BCUT2D eigenvalue weighted by molar-refractivity contribution is 7.71. The molecule has 43 heavy (non-hydrogen) atoms. The average molecular weight is 617 g/mol. The minimum absolute atomic E-state index is 0.0138. The SMILES string of the molecule is CCOP(=O)(OCC)C(=N)OC(=O)CC1(CCN2CCC(N(C(=O)c3ccco3)c3ccc(C)cn3)CC2)CCCCC1. The van der Waals surface area contributed by atoms with Gasteiger partial charge in [0.15, 0.2) is 5.76 Å². The van der Waals surface area contributed by atoms with Crippen molar-refractivity contribution in [1.29, 1.82) is 5.41 Å². The van der Waals surface area contributed by atoms with E-state index in [9.17, 15) is 14.2 Å². The molecule has 0 aromatic carbocycles. The van der Waals surface area contributed by atoms with Crippen LogP contribution >= 0.6 is 7.60 Å². The minimum atomic E-state index is -3.95. The van der Waals surface area contributed by atoms with Gasteiger partial charge in [-0.15, -0.1) is 0 Å². The van der Waals surface area contributed by atoms with E-state index in [4.69, 9.17) is 23.6 Å². The highest BCUT2D eigenvalue weighted by Gasteiger charge is 2.39. The third-order valence-electron chi connectivity index (χ3n) is 8.46. The van der Waals surface area contributed by atoms with Gasteiger partial charge < -0.3 is 23.1 Å². The predicted octanol–water partition coefficient (Wildman–Crippen LogP) is 6.57. The number of carbonyl (C=O) groups is 2. The molecule has 2 fully saturated rings. The summed E-state index contributed by atoms with van der Waals surface area (Å²) in [6.45, 7) is 7.87. The van der Waals surface area contributed by atoms with E-state index in [1.54, 1.807) is 37.1 Å². The molecular formula is C31H45N4O7P. The first-order chi connectivity index (χ1) is 20.7. The fraction of sp³-hybridized carbons (Fsp3) is 0.613. The summed E-state index contributed by atoms with van der Waals surface area (Å²) in [5.41, 5.74) is 0.0470. The van der Waals surface area contributed by atoms with E-state index < -0.39 is 19.2 Å². The molecule has 1 N–H and O–H groups in total. The third-order valence-corrected chi connectivity index (χ3v) is 10.2. The summed E-state index contributed by atoms with van der Waals surface area (Å²) in [7, 11) is -3.95. The molecule has 2 aromatic heterocycles. The zero-order valence-electron chi connectivity index (χ0n) is 25.6. The van der Waals surface area contributed by atoms with Gasteiger partial charge in [0.2, 0.25) is 0 Å². The zero-order chi connectivity index (χ0) is 30.9. The average Bonchev–Trinajstić information content (AvgIpc) is 3.54. The molecule has 2 aliphatic rings. The topological polar surface area (TPSA) is 135 Å². The van der Waals surface area contributed by atoms with E-state index >= 15 is 0 Å². The van der Waals surface area contributed by atoms with Gasteiger partial charge in [0.1, 0.15) is 5.82 Å². The van der Waals surface area contributed by atoms with Crippen molar-refractivity contribution in [2.45, 2.75) is 84.6 Å². The van der Waals surface area contributed by atoms with Crippen LogP contribution in [0.2, 0.25) is 0 Å². The lowest BCUT2D eigenvalue weighted by Gasteiger charge is -2.41. The summed E-state index contributed by atoms with van der Waals surface area (Å²) in [6, 6.07) is 7.23. The lowest BCUT2D eigenvalue weighted by atomic mass is 9.69. The molecule has 1 aliphatic heterocycles. The maximum Gasteiger partial charge on any atom is 0.415 e. The van der Waals surface area contributed by atoms with E-state index in [1.165, 1.54) is 6.26 Å². The van der Waals surface area contributed by atoms with Crippen molar-refractivity contribution in [3.05, 3.63) is 48.0 Å². The molecule has 0 spiro atoms. The molecular weight excluding hydrogens is 571 g/mol. The number of likely N-dealkylation sites (tertiary alicyclic amines) is 1. The maximum absolute atomic E-state index is 13.4. The Morgan fingerprint density at radius 1 is 1.12 bits per heavy atom. The number of hydrogen-bond acceptors (Lipinski definition) is 10. The Bertz CT molecular complexity index is 1240. The predicted molar refractivity (Wildman–Crippen MR) is 163 cm³/mol. The number of piperidine rings is 1. The first-order valence-electron chi connectivity index (χ1n) is 15.4. The van der Waals surface area contributed by atoms with E-state index in [-0.39, 0.29) is 37.0 Å². The van der Waals surface area contributed by atoms with Gasteiger partial charge in [0.25, 0.3) is 5.91 Å². The van der Waals surface area contributed by atoms with Gasteiger partial charge in [0.05, 0.1) is 25.9 Å². The monoisotopic (exact) mass is 616 g/mol. The summed E-state index contributed by atoms with van der Waals surface area (Å²) in [5, 5.41) is 8.12. The Hall–Kier alpha value is -2.85.